The summed E-state index contributed by atoms with van der Waals surface area (Å²) in [5.41, 5.74) is 0.904. The average molecular weight is 292 g/mol. The van der Waals surface area contributed by atoms with Gasteiger partial charge in [-0.25, -0.2) is 4.68 Å². The molecule has 19 heavy (non-hydrogen) atoms. The Kier molecular flexibility index (Phi) is 3.94. The van der Waals surface area contributed by atoms with Gasteiger partial charge in [-0.15, -0.1) is 29.9 Å². The van der Waals surface area contributed by atoms with Crippen LogP contribution in [0.2, 0.25) is 0 Å². The highest BCUT2D eigenvalue weighted by Gasteiger charge is 2.32. The third-order valence-corrected chi connectivity index (χ3v) is 2.53. The first-order chi connectivity index (χ1) is 8.98. The van der Waals surface area contributed by atoms with Crippen molar-refractivity contribution in [3.8, 4) is 5.75 Å². The Hall–Kier alpha value is -1.76. The zero-order valence-electron chi connectivity index (χ0n) is 9.56. The van der Waals surface area contributed by atoms with E-state index in [0.717, 1.165) is 0 Å². The van der Waals surface area contributed by atoms with Crippen LogP contribution in [0.15, 0.2) is 30.5 Å². The molecule has 0 unspecified atom stereocenters. The first-order valence-electron chi connectivity index (χ1n) is 5.26. The molecule has 2 rings (SSSR count). The van der Waals surface area contributed by atoms with Gasteiger partial charge in [-0.05, 0) is 6.07 Å². The van der Waals surface area contributed by atoms with Crippen LogP contribution in [-0.4, -0.2) is 21.4 Å². The van der Waals surface area contributed by atoms with Gasteiger partial charge in [-0.3, -0.25) is 0 Å². The third-order valence-electron chi connectivity index (χ3n) is 2.25. The molecule has 0 atom stereocenters. The minimum atomic E-state index is -4.72. The van der Waals surface area contributed by atoms with Gasteiger partial charge in [0.25, 0.3) is 0 Å². The predicted molar refractivity (Wildman–Crippen MR) is 61.8 cm³/mol. The molecule has 2 aromatic rings. The highest BCUT2D eigenvalue weighted by molar-refractivity contribution is 6.16. The highest BCUT2D eigenvalue weighted by atomic mass is 35.5. The van der Waals surface area contributed by atoms with Crippen LogP contribution in [0.4, 0.5) is 13.2 Å². The van der Waals surface area contributed by atoms with E-state index < -0.39 is 6.36 Å². The first-order valence-corrected chi connectivity index (χ1v) is 5.80. The Labute approximate surface area is 111 Å². The molecule has 0 aliphatic carbocycles. The van der Waals surface area contributed by atoms with Gasteiger partial charge in [-0.2, -0.15) is 0 Å². The fraction of sp³-hybridized carbons (Fsp3) is 0.273. The summed E-state index contributed by atoms with van der Waals surface area (Å²) in [6, 6.07) is 5.87. The lowest BCUT2D eigenvalue weighted by molar-refractivity contribution is -0.274. The monoisotopic (exact) mass is 291 g/mol. The summed E-state index contributed by atoms with van der Waals surface area (Å²) in [7, 11) is 0. The average Bonchev–Trinajstić information content (AvgIpc) is 2.78. The van der Waals surface area contributed by atoms with Crippen molar-refractivity contribution in [3.63, 3.8) is 0 Å². The smallest absolute Gasteiger partial charge is 0.405 e. The molecule has 0 aliphatic heterocycles. The summed E-state index contributed by atoms with van der Waals surface area (Å²) in [5, 5.41) is 7.52. The number of benzene rings is 1. The SMILES string of the molecule is FC(F)(F)Oc1ccccc1Cn1cc(CCl)nn1. The topological polar surface area (TPSA) is 39.9 Å². The molecule has 0 spiro atoms. The molecule has 0 saturated heterocycles. The van der Waals surface area contributed by atoms with E-state index in [1.807, 2.05) is 0 Å². The van der Waals surface area contributed by atoms with E-state index in [4.69, 9.17) is 11.6 Å². The van der Waals surface area contributed by atoms with Crippen LogP contribution < -0.4 is 4.74 Å². The van der Waals surface area contributed by atoms with Gasteiger partial charge in [0.05, 0.1) is 24.3 Å². The molecule has 0 radical (unpaired) electrons. The van der Waals surface area contributed by atoms with Crippen LogP contribution in [0.3, 0.4) is 0 Å². The Bertz CT molecular complexity index is 556. The maximum Gasteiger partial charge on any atom is 0.573 e. The van der Waals surface area contributed by atoms with Gasteiger partial charge in [0.2, 0.25) is 0 Å². The number of nitrogens with zero attached hydrogens (tertiary/aromatic N) is 3. The van der Waals surface area contributed by atoms with E-state index in [0.29, 0.717) is 11.3 Å². The number of hydrogen-bond donors (Lipinski definition) is 0. The van der Waals surface area contributed by atoms with Crippen LogP contribution in [0, 0.1) is 0 Å². The summed E-state index contributed by atoms with van der Waals surface area (Å²) >= 11 is 5.57. The van der Waals surface area contributed by atoms with E-state index in [-0.39, 0.29) is 18.2 Å². The van der Waals surface area contributed by atoms with Crippen LogP contribution >= 0.6 is 11.6 Å². The van der Waals surface area contributed by atoms with Crippen LogP contribution in [0.5, 0.6) is 5.75 Å². The van der Waals surface area contributed by atoms with E-state index in [1.54, 1.807) is 12.3 Å². The number of aromatic nitrogens is 3. The first kappa shape index (κ1) is 13.7. The summed E-state index contributed by atoms with van der Waals surface area (Å²) in [6.07, 6.45) is -3.16. The molecule has 4 nitrogen and oxygen atoms in total. The lowest BCUT2D eigenvalue weighted by Crippen LogP contribution is -2.18. The van der Waals surface area contributed by atoms with Crippen LogP contribution in [0.25, 0.3) is 0 Å². The van der Waals surface area contributed by atoms with Crippen molar-refractivity contribution in [2.75, 3.05) is 0 Å². The van der Waals surface area contributed by atoms with Gasteiger partial charge in [0, 0.05) is 5.56 Å². The lowest BCUT2D eigenvalue weighted by Gasteiger charge is -2.12. The molecular formula is C11H9ClF3N3O. The quantitative estimate of drug-likeness (QED) is 0.813. The van der Waals surface area contributed by atoms with E-state index >= 15 is 0 Å². The Balaban J connectivity index is 2.20. The van der Waals surface area contributed by atoms with Gasteiger partial charge in [-0.1, -0.05) is 23.4 Å². The molecule has 0 fully saturated rings. The maximum atomic E-state index is 12.2. The number of para-hydroxylation sites is 1. The Morgan fingerprint density at radius 3 is 2.63 bits per heavy atom. The number of halogens is 4. The maximum absolute atomic E-state index is 12.2. The van der Waals surface area contributed by atoms with Crippen molar-refractivity contribution < 1.29 is 17.9 Å². The summed E-state index contributed by atoms with van der Waals surface area (Å²) in [5.74, 6) is -0.0568. The second kappa shape index (κ2) is 5.48. The van der Waals surface area contributed by atoms with E-state index in [9.17, 15) is 13.2 Å². The molecule has 0 N–H and O–H groups in total. The van der Waals surface area contributed by atoms with Gasteiger partial charge < -0.3 is 4.74 Å². The molecule has 102 valence electrons. The molecule has 1 aromatic heterocycles. The lowest BCUT2D eigenvalue weighted by atomic mass is 10.2. The number of hydrogen-bond acceptors (Lipinski definition) is 3. The van der Waals surface area contributed by atoms with Crippen molar-refractivity contribution >= 4 is 11.6 Å². The molecule has 0 aliphatic rings. The fourth-order valence-electron chi connectivity index (χ4n) is 1.51. The molecule has 0 bridgehead atoms. The van der Waals surface area contributed by atoms with Crippen molar-refractivity contribution in [2.45, 2.75) is 18.8 Å². The van der Waals surface area contributed by atoms with Crippen molar-refractivity contribution in [2.24, 2.45) is 0 Å². The second-order valence-electron chi connectivity index (χ2n) is 3.70. The summed E-state index contributed by atoms with van der Waals surface area (Å²) < 4.78 is 42.1. The molecule has 1 heterocycles. The zero-order valence-corrected chi connectivity index (χ0v) is 10.3. The minimum Gasteiger partial charge on any atom is -0.405 e. The van der Waals surface area contributed by atoms with Crippen molar-refractivity contribution in [1.82, 2.24) is 15.0 Å². The highest BCUT2D eigenvalue weighted by Crippen LogP contribution is 2.26. The Morgan fingerprint density at radius 1 is 1.26 bits per heavy atom. The molecule has 1 aromatic carbocycles. The Morgan fingerprint density at radius 2 is 2.00 bits per heavy atom. The molecule has 8 heteroatoms. The molecule has 0 amide bonds. The second-order valence-corrected chi connectivity index (χ2v) is 3.96. The number of ether oxygens (including phenoxy) is 1. The van der Waals surface area contributed by atoms with Gasteiger partial charge >= 0.3 is 6.36 Å². The predicted octanol–water partition coefficient (Wildman–Crippen LogP) is 2.96. The van der Waals surface area contributed by atoms with Crippen LogP contribution in [0.1, 0.15) is 11.3 Å². The minimum absolute atomic E-state index is 0.121. The zero-order chi connectivity index (χ0) is 13.9. The number of rotatable bonds is 4. The largest absolute Gasteiger partial charge is 0.573 e. The van der Waals surface area contributed by atoms with E-state index in [1.165, 1.54) is 22.9 Å². The molecular weight excluding hydrogens is 283 g/mol. The fourth-order valence-corrected chi connectivity index (χ4v) is 1.63. The van der Waals surface area contributed by atoms with Crippen molar-refractivity contribution in [1.29, 1.82) is 0 Å². The summed E-state index contributed by atoms with van der Waals surface area (Å²) in [4.78, 5) is 0. The standard InChI is InChI=1S/C11H9ClF3N3O/c12-5-9-7-18(17-16-9)6-8-3-1-2-4-10(8)19-11(13,14)15/h1-4,7H,5-6H2. The third kappa shape index (κ3) is 3.85. The molecule has 0 saturated carbocycles. The number of alkyl halides is 4. The van der Waals surface area contributed by atoms with Gasteiger partial charge in [0.1, 0.15) is 5.75 Å². The normalized spacial score (nSPS) is 11.6. The van der Waals surface area contributed by atoms with Crippen molar-refractivity contribution in [3.05, 3.63) is 41.7 Å². The summed E-state index contributed by atoms with van der Waals surface area (Å²) in [6.45, 7) is 0.121. The van der Waals surface area contributed by atoms with Crippen LogP contribution in [-0.2, 0) is 12.4 Å². The van der Waals surface area contributed by atoms with Gasteiger partial charge in [0.15, 0.2) is 0 Å². The van der Waals surface area contributed by atoms with E-state index in [2.05, 4.69) is 15.0 Å².